The van der Waals surface area contributed by atoms with Gasteiger partial charge in [-0.05, 0) is 43.2 Å². The lowest BCUT2D eigenvalue weighted by Gasteiger charge is -2.07. The predicted molar refractivity (Wildman–Crippen MR) is 79.1 cm³/mol. The monoisotopic (exact) mass is 293 g/mol. The van der Waals surface area contributed by atoms with Crippen molar-refractivity contribution in [2.45, 2.75) is 30.9 Å². The van der Waals surface area contributed by atoms with Gasteiger partial charge in [0, 0.05) is 12.7 Å². The second kappa shape index (κ2) is 5.28. The molecule has 1 heterocycles. The minimum atomic E-state index is -3.39. The Hall–Kier alpha value is -1.82. The van der Waals surface area contributed by atoms with Gasteiger partial charge in [0.1, 0.15) is 0 Å². The number of anilines is 1. The summed E-state index contributed by atoms with van der Waals surface area (Å²) in [5.41, 5.74) is 8.67. The predicted octanol–water partition coefficient (Wildman–Crippen LogP) is 1.85. The van der Waals surface area contributed by atoms with Crippen molar-refractivity contribution in [2.24, 2.45) is 7.05 Å². The fraction of sp³-hybridized carbons (Fsp3) is 0.357. The Labute approximate surface area is 119 Å². The van der Waals surface area contributed by atoms with E-state index in [1.54, 1.807) is 36.9 Å². The summed E-state index contributed by atoms with van der Waals surface area (Å²) in [5, 5.41) is 4.27. The Morgan fingerprint density at radius 2 is 2.00 bits per heavy atom. The van der Waals surface area contributed by atoms with Crippen molar-refractivity contribution in [3.05, 3.63) is 41.2 Å². The van der Waals surface area contributed by atoms with Gasteiger partial charge in [-0.25, -0.2) is 8.42 Å². The highest BCUT2D eigenvalue weighted by Gasteiger charge is 2.18. The number of sulfone groups is 1. The van der Waals surface area contributed by atoms with Crippen molar-refractivity contribution in [3.63, 3.8) is 0 Å². The summed E-state index contributed by atoms with van der Waals surface area (Å²) in [6.07, 6.45) is 0.787. The first-order chi connectivity index (χ1) is 9.33. The summed E-state index contributed by atoms with van der Waals surface area (Å²) in [5.74, 6) is -0.0557. The molecule has 0 spiro atoms. The number of hydrogen-bond donors (Lipinski definition) is 1. The van der Waals surface area contributed by atoms with E-state index in [2.05, 4.69) is 5.10 Å². The van der Waals surface area contributed by atoms with Crippen molar-refractivity contribution in [3.8, 4) is 0 Å². The van der Waals surface area contributed by atoms with Crippen LogP contribution in [0.4, 0.5) is 5.69 Å². The molecule has 2 N–H and O–H groups in total. The first kappa shape index (κ1) is 14.6. The fourth-order valence-corrected chi connectivity index (χ4v) is 3.46. The van der Waals surface area contributed by atoms with Crippen LogP contribution in [0.1, 0.15) is 23.9 Å². The maximum atomic E-state index is 12.4. The van der Waals surface area contributed by atoms with Crippen molar-refractivity contribution in [1.82, 2.24) is 9.78 Å². The third-order valence-electron chi connectivity index (χ3n) is 3.33. The Kier molecular flexibility index (Phi) is 3.85. The van der Waals surface area contributed by atoms with E-state index >= 15 is 0 Å². The van der Waals surface area contributed by atoms with Gasteiger partial charge in [-0.2, -0.15) is 5.10 Å². The van der Waals surface area contributed by atoms with E-state index in [9.17, 15) is 8.42 Å². The van der Waals surface area contributed by atoms with Gasteiger partial charge in [-0.3, -0.25) is 4.68 Å². The molecule has 108 valence electrons. The summed E-state index contributed by atoms with van der Waals surface area (Å²) in [4.78, 5) is 0.295. The zero-order valence-electron chi connectivity index (χ0n) is 11.9. The molecule has 0 aliphatic rings. The largest absolute Gasteiger partial charge is 0.399 e. The minimum absolute atomic E-state index is 0.0557. The highest BCUT2D eigenvalue weighted by molar-refractivity contribution is 7.90. The van der Waals surface area contributed by atoms with Crippen LogP contribution in [0.25, 0.3) is 0 Å². The number of aromatic nitrogens is 2. The van der Waals surface area contributed by atoms with E-state index in [0.717, 1.165) is 17.7 Å². The number of hydrogen-bond acceptors (Lipinski definition) is 4. The molecule has 0 amide bonds. The van der Waals surface area contributed by atoms with Gasteiger partial charge in [-0.1, -0.05) is 6.92 Å². The Balaban J connectivity index is 2.35. The van der Waals surface area contributed by atoms with Gasteiger partial charge in [0.2, 0.25) is 0 Å². The van der Waals surface area contributed by atoms with E-state index in [-0.39, 0.29) is 5.75 Å². The number of nitrogens with zero attached hydrogens (tertiary/aromatic N) is 2. The molecule has 5 nitrogen and oxygen atoms in total. The number of aryl methyl sites for hydroxylation is 3. The molecule has 6 heteroatoms. The Morgan fingerprint density at radius 3 is 2.55 bits per heavy atom. The van der Waals surface area contributed by atoms with Gasteiger partial charge in [-0.15, -0.1) is 0 Å². The van der Waals surface area contributed by atoms with Gasteiger partial charge in [0.25, 0.3) is 0 Å². The van der Waals surface area contributed by atoms with Crippen LogP contribution >= 0.6 is 0 Å². The summed E-state index contributed by atoms with van der Waals surface area (Å²) in [6, 6.07) is 6.63. The summed E-state index contributed by atoms with van der Waals surface area (Å²) in [6.45, 7) is 3.79. The molecular weight excluding hydrogens is 274 g/mol. The average Bonchev–Trinajstić information content (AvgIpc) is 2.73. The van der Waals surface area contributed by atoms with E-state index in [4.69, 9.17) is 5.73 Å². The van der Waals surface area contributed by atoms with E-state index in [0.29, 0.717) is 16.3 Å². The van der Waals surface area contributed by atoms with Crippen LogP contribution in [0.3, 0.4) is 0 Å². The Morgan fingerprint density at radius 1 is 1.30 bits per heavy atom. The number of nitrogen functional groups attached to an aromatic ring is 1. The average molecular weight is 293 g/mol. The quantitative estimate of drug-likeness (QED) is 0.873. The normalized spacial score (nSPS) is 11.8. The van der Waals surface area contributed by atoms with Crippen molar-refractivity contribution >= 4 is 15.5 Å². The molecule has 0 saturated carbocycles. The van der Waals surface area contributed by atoms with Crippen LogP contribution in [0, 0.1) is 6.92 Å². The fourth-order valence-electron chi connectivity index (χ4n) is 2.00. The Bertz CT molecular complexity index is 733. The molecule has 1 aromatic heterocycles. The van der Waals surface area contributed by atoms with Crippen molar-refractivity contribution in [1.29, 1.82) is 0 Å². The molecule has 0 fully saturated rings. The summed E-state index contributed by atoms with van der Waals surface area (Å²) >= 11 is 0. The van der Waals surface area contributed by atoms with Gasteiger partial charge in [0.15, 0.2) is 9.84 Å². The zero-order valence-corrected chi connectivity index (χ0v) is 12.7. The number of rotatable bonds is 4. The lowest BCUT2D eigenvalue weighted by atomic mass is 10.2. The highest BCUT2D eigenvalue weighted by Crippen LogP contribution is 2.21. The molecule has 0 unspecified atom stereocenters. The van der Waals surface area contributed by atoms with Gasteiger partial charge < -0.3 is 5.73 Å². The van der Waals surface area contributed by atoms with E-state index in [1.807, 2.05) is 13.0 Å². The second-order valence-corrected chi connectivity index (χ2v) is 6.87. The van der Waals surface area contributed by atoms with Crippen LogP contribution in [0.2, 0.25) is 0 Å². The molecule has 0 bridgehead atoms. The van der Waals surface area contributed by atoms with Crippen LogP contribution < -0.4 is 5.73 Å². The van der Waals surface area contributed by atoms with Crippen LogP contribution in [-0.2, 0) is 29.1 Å². The number of benzene rings is 1. The standard InChI is InChI=1S/C14H19N3O2S/c1-4-11-8-12(17(3)16-11)9-20(18,19)13-5-6-14(15)10(2)7-13/h5-8H,4,9,15H2,1-3H3. The SMILES string of the molecule is CCc1cc(CS(=O)(=O)c2ccc(N)c(C)c2)n(C)n1. The highest BCUT2D eigenvalue weighted by atomic mass is 32.2. The van der Waals surface area contributed by atoms with Crippen molar-refractivity contribution < 1.29 is 8.42 Å². The van der Waals surface area contributed by atoms with Gasteiger partial charge >= 0.3 is 0 Å². The molecule has 20 heavy (non-hydrogen) atoms. The molecule has 0 radical (unpaired) electrons. The van der Waals surface area contributed by atoms with Crippen LogP contribution in [-0.4, -0.2) is 18.2 Å². The zero-order chi connectivity index (χ0) is 14.9. The first-order valence-electron chi connectivity index (χ1n) is 6.44. The maximum absolute atomic E-state index is 12.4. The second-order valence-electron chi connectivity index (χ2n) is 4.88. The molecule has 0 aliphatic carbocycles. The topological polar surface area (TPSA) is 78.0 Å². The van der Waals surface area contributed by atoms with E-state index < -0.39 is 9.84 Å². The molecule has 0 saturated heterocycles. The lowest BCUT2D eigenvalue weighted by molar-refractivity contribution is 0.591. The third kappa shape index (κ3) is 2.85. The molecular formula is C14H19N3O2S. The summed E-state index contributed by atoms with van der Waals surface area (Å²) in [7, 11) is -1.62. The third-order valence-corrected chi connectivity index (χ3v) is 4.98. The first-order valence-corrected chi connectivity index (χ1v) is 8.09. The van der Waals surface area contributed by atoms with Crippen LogP contribution in [0.15, 0.2) is 29.2 Å². The van der Waals surface area contributed by atoms with Gasteiger partial charge in [0.05, 0.1) is 22.0 Å². The lowest BCUT2D eigenvalue weighted by Crippen LogP contribution is -2.09. The van der Waals surface area contributed by atoms with Crippen molar-refractivity contribution in [2.75, 3.05) is 5.73 Å². The molecule has 0 aliphatic heterocycles. The molecule has 2 aromatic rings. The molecule has 0 atom stereocenters. The number of nitrogens with two attached hydrogens (primary N) is 1. The minimum Gasteiger partial charge on any atom is -0.399 e. The summed E-state index contributed by atoms with van der Waals surface area (Å²) < 4.78 is 26.5. The van der Waals surface area contributed by atoms with Crippen LogP contribution in [0.5, 0.6) is 0 Å². The van der Waals surface area contributed by atoms with E-state index in [1.165, 1.54) is 0 Å². The smallest absolute Gasteiger partial charge is 0.184 e. The molecule has 1 aromatic carbocycles. The maximum Gasteiger partial charge on any atom is 0.184 e. The molecule has 2 rings (SSSR count).